The molecule has 30 heavy (non-hydrogen) atoms. The first kappa shape index (κ1) is 21.7. The summed E-state index contributed by atoms with van der Waals surface area (Å²) in [6.07, 6.45) is -9.76. The maximum atomic E-state index is 12.9. The summed E-state index contributed by atoms with van der Waals surface area (Å²) < 4.78 is 77.6. The molecule has 1 unspecified atom stereocenters. The maximum absolute atomic E-state index is 12.9. The van der Waals surface area contributed by atoms with Crippen LogP contribution < -0.4 is 10.2 Å². The predicted molar refractivity (Wildman–Crippen MR) is 95.2 cm³/mol. The van der Waals surface area contributed by atoms with Crippen LogP contribution in [0.25, 0.3) is 0 Å². The van der Waals surface area contributed by atoms with E-state index in [-0.39, 0.29) is 24.6 Å². The fourth-order valence-corrected chi connectivity index (χ4v) is 3.22. The highest BCUT2D eigenvalue weighted by molar-refractivity contribution is 6.09. The Hall–Kier alpha value is -3.04. The van der Waals surface area contributed by atoms with Crippen LogP contribution in [0.2, 0.25) is 0 Å². The number of amides is 2. The van der Waals surface area contributed by atoms with Gasteiger partial charge in [-0.1, -0.05) is 18.2 Å². The van der Waals surface area contributed by atoms with E-state index in [0.29, 0.717) is 17.8 Å². The van der Waals surface area contributed by atoms with Gasteiger partial charge in [-0.15, -0.1) is 0 Å². The maximum Gasteiger partial charge on any atom is 0.416 e. The Kier molecular flexibility index (Phi) is 5.78. The van der Waals surface area contributed by atoms with Crippen LogP contribution in [0, 0.1) is 5.92 Å². The van der Waals surface area contributed by atoms with Gasteiger partial charge in [-0.3, -0.25) is 9.59 Å². The topological polar surface area (TPSA) is 49.4 Å². The molecule has 3 rings (SSSR count). The molecule has 2 aromatic carbocycles. The second kappa shape index (κ2) is 8.00. The summed E-state index contributed by atoms with van der Waals surface area (Å²) in [5.41, 5.74) is -2.69. The summed E-state index contributed by atoms with van der Waals surface area (Å²) in [6.45, 7) is -0.288. The van der Waals surface area contributed by atoms with Crippen LogP contribution in [0.4, 0.5) is 32.0 Å². The fourth-order valence-electron chi connectivity index (χ4n) is 3.22. The Balaban J connectivity index is 1.72. The zero-order chi connectivity index (χ0) is 22.1. The molecule has 0 saturated carbocycles. The molecule has 160 valence electrons. The first-order valence-corrected chi connectivity index (χ1v) is 8.89. The lowest BCUT2D eigenvalue weighted by molar-refractivity contribution is -0.143. The number of para-hydroxylation sites is 1. The first-order chi connectivity index (χ1) is 14.0. The van der Waals surface area contributed by atoms with Crippen molar-refractivity contribution in [2.75, 3.05) is 11.4 Å². The Labute approximate surface area is 167 Å². The third-order valence-corrected chi connectivity index (χ3v) is 4.70. The summed E-state index contributed by atoms with van der Waals surface area (Å²) in [4.78, 5) is 26.3. The molecule has 10 heteroatoms. The lowest BCUT2D eigenvalue weighted by Crippen LogP contribution is -2.36. The van der Waals surface area contributed by atoms with Gasteiger partial charge in [0.05, 0.1) is 11.1 Å². The third kappa shape index (κ3) is 4.74. The van der Waals surface area contributed by atoms with Crippen LogP contribution in [0.5, 0.6) is 0 Å². The Bertz CT molecular complexity index is 908. The van der Waals surface area contributed by atoms with Crippen molar-refractivity contribution in [2.45, 2.75) is 25.3 Å². The largest absolute Gasteiger partial charge is 0.416 e. The molecule has 1 heterocycles. The van der Waals surface area contributed by atoms with Gasteiger partial charge in [0.15, 0.2) is 0 Å². The summed E-state index contributed by atoms with van der Waals surface area (Å²) >= 11 is 0. The van der Waals surface area contributed by atoms with E-state index in [0.717, 1.165) is 0 Å². The summed E-state index contributed by atoms with van der Waals surface area (Å²) in [7, 11) is 0. The minimum atomic E-state index is -4.97. The van der Waals surface area contributed by atoms with E-state index in [9.17, 15) is 35.9 Å². The van der Waals surface area contributed by atoms with Crippen molar-refractivity contribution in [1.29, 1.82) is 0 Å². The van der Waals surface area contributed by atoms with E-state index in [4.69, 9.17) is 0 Å². The zero-order valence-corrected chi connectivity index (χ0v) is 15.3. The van der Waals surface area contributed by atoms with Gasteiger partial charge in [0, 0.05) is 18.8 Å². The van der Waals surface area contributed by atoms with Crippen molar-refractivity contribution < 1.29 is 35.9 Å². The van der Waals surface area contributed by atoms with Crippen molar-refractivity contribution in [2.24, 2.45) is 5.92 Å². The number of carbonyl (C=O) groups excluding carboxylic acids is 2. The van der Waals surface area contributed by atoms with Gasteiger partial charge in [0.25, 0.3) is 0 Å². The van der Waals surface area contributed by atoms with Crippen LogP contribution >= 0.6 is 0 Å². The van der Waals surface area contributed by atoms with Gasteiger partial charge < -0.3 is 10.2 Å². The summed E-state index contributed by atoms with van der Waals surface area (Å²) in [5, 5.41) is 2.28. The van der Waals surface area contributed by atoms with Crippen molar-refractivity contribution in [3.05, 3.63) is 65.2 Å². The highest BCUT2D eigenvalue weighted by atomic mass is 19.4. The number of halogens is 6. The number of carbonyl (C=O) groups is 2. The van der Waals surface area contributed by atoms with Gasteiger partial charge in [-0.05, 0) is 42.3 Å². The summed E-state index contributed by atoms with van der Waals surface area (Å²) in [5.74, 6) is -2.28. The van der Waals surface area contributed by atoms with Gasteiger partial charge in [-0.2, -0.15) is 26.3 Å². The minimum absolute atomic E-state index is 0.0174. The zero-order valence-electron chi connectivity index (χ0n) is 15.3. The number of benzene rings is 2. The van der Waals surface area contributed by atoms with Gasteiger partial charge in [-0.25, -0.2) is 0 Å². The molecule has 1 aliphatic rings. The van der Waals surface area contributed by atoms with E-state index in [1.54, 1.807) is 30.3 Å². The molecule has 0 aliphatic carbocycles. The molecule has 2 aromatic rings. The number of anilines is 1. The lowest BCUT2D eigenvalue weighted by Gasteiger charge is -2.17. The van der Waals surface area contributed by atoms with E-state index in [1.807, 2.05) is 0 Å². The molecular weight excluding hydrogens is 414 g/mol. The van der Waals surface area contributed by atoms with Gasteiger partial charge in [0.2, 0.25) is 11.8 Å². The number of hydrogen-bond donors (Lipinski definition) is 1. The average Bonchev–Trinajstić information content (AvgIpc) is 3.06. The van der Waals surface area contributed by atoms with Gasteiger partial charge in [0.1, 0.15) is 5.92 Å². The number of hydrogen-bond acceptors (Lipinski definition) is 2. The molecule has 2 amide bonds. The molecule has 1 fully saturated rings. The number of nitrogens with one attached hydrogen (secondary N) is 1. The number of nitrogens with zero attached hydrogens (tertiary/aromatic N) is 1. The smallest absolute Gasteiger partial charge is 0.351 e. The predicted octanol–water partition coefficient (Wildman–Crippen LogP) is 4.39. The Morgan fingerprint density at radius 3 is 2.07 bits per heavy atom. The summed E-state index contributed by atoms with van der Waals surface area (Å²) in [6, 6.07) is 9.70. The van der Waals surface area contributed by atoms with Crippen LogP contribution in [0.15, 0.2) is 48.5 Å². The Morgan fingerprint density at radius 1 is 0.967 bits per heavy atom. The molecule has 4 nitrogen and oxygen atoms in total. The number of alkyl halides is 6. The molecule has 0 bridgehead atoms. The van der Waals surface area contributed by atoms with E-state index < -0.39 is 47.8 Å². The molecule has 0 aromatic heterocycles. The first-order valence-electron chi connectivity index (χ1n) is 8.89. The molecule has 1 saturated heterocycles. The second-order valence-electron chi connectivity index (χ2n) is 6.80. The number of rotatable bonds is 4. The molecule has 0 radical (unpaired) electrons. The van der Waals surface area contributed by atoms with E-state index in [2.05, 4.69) is 5.32 Å². The monoisotopic (exact) mass is 430 g/mol. The highest BCUT2D eigenvalue weighted by Crippen LogP contribution is 2.36. The van der Waals surface area contributed by atoms with Crippen LogP contribution in [-0.4, -0.2) is 18.4 Å². The second-order valence-corrected chi connectivity index (χ2v) is 6.80. The van der Waals surface area contributed by atoms with E-state index >= 15 is 0 Å². The minimum Gasteiger partial charge on any atom is -0.351 e. The lowest BCUT2D eigenvalue weighted by atomic mass is 10.0. The van der Waals surface area contributed by atoms with Crippen molar-refractivity contribution >= 4 is 17.5 Å². The standard InChI is InChI=1S/C20H16F6N2O2/c21-19(22,23)13-8-12(9-14(10-13)20(24,25)26)11-27-17(29)16-6-7-28(18(16)30)15-4-2-1-3-5-15/h1-5,8-10,16H,6-7,11H2,(H,27,29). The average molecular weight is 430 g/mol. The van der Waals surface area contributed by atoms with Crippen LogP contribution in [-0.2, 0) is 28.5 Å². The molecular formula is C20H16F6N2O2. The van der Waals surface area contributed by atoms with Gasteiger partial charge >= 0.3 is 12.4 Å². The quantitative estimate of drug-likeness (QED) is 0.578. The SMILES string of the molecule is O=C(NCc1cc(C(F)(F)F)cc(C(F)(F)F)c1)C1CCN(c2ccccc2)C1=O. The van der Waals surface area contributed by atoms with E-state index in [1.165, 1.54) is 4.90 Å². The molecule has 1 atom stereocenters. The molecule has 0 spiro atoms. The third-order valence-electron chi connectivity index (χ3n) is 4.70. The normalized spacial score (nSPS) is 17.3. The highest BCUT2D eigenvalue weighted by Gasteiger charge is 2.38. The van der Waals surface area contributed by atoms with Crippen LogP contribution in [0.3, 0.4) is 0 Å². The molecule has 1 aliphatic heterocycles. The molecule has 1 N–H and O–H groups in total. The van der Waals surface area contributed by atoms with Crippen LogP contribution in [0.1, 0.15) is 23.1 Å². The Morgan fingerprint density at radius 2 is 1.53 bits per heavy atom. The fraction of sp³-hybridized carbons (Fsp3) is 0.300. The van der Waals surface area contributed by atoms with Crippen molar-refractivity contribution in [3.63, 3.8) is 0 Å². The van der Waals surface area contributed by atoms with Crippen molar-refractivity contribution in [1.82, 2.24) is 5.32 Å². The van der Waals surface area contributed by atoms with Crippen molar-refractivity contribution in [3.8, 4) is 0 Å².